The molecule has 0 amide bonds. The molecule has 0 aliphatic rings. The molecule has 2 aromatic heterocycles. The average Bonchev–Trinajstić information content (AvgIpc) is 3.22. The van der Waals surface area contributed by atoms with Gasteiger partial charge in [0, 0.05) is 10.9 Å². The largest absolute Gasteiger partial charge is 0.493 e. The first-order valence-corrected chi connectivity index (χ1v) is 11.0. The summed E-state index contributed by atoms with van der Waals surface area (Å²) in [5.41, 5.74) is -0.562. The van der Waals surface area contributed by atoms with Crippen molar-refractivity contribution in [3.8, 4) is 27.6 Å². The van der Waals surface area contributed by atoms with E-state index in [1.165, 1.54) is 30.1 Å². The van der Waals surface area contributed by atoms with Crippen LogP contribution in [0.15, 0.2) is 59.7 Å². The predicted octanol–water partition coefficient (Wildman–Crippen LogP) is 5.29. The minimum atomic E-state index is -4.41. The smallest absolute Gasteiger partial charge is 0.416 e. The molecule has 2 aromatic carbocycles. The van der Waals surface area contributed by atoms with E-state index in [4.69, 9.17) is 9.47 Å². The van der Waals surface area contributed by atoms with Gasteiger partial charge in [0.15, 0.2) is 11.5 Å². The lowest BCUT2D eigenvalue weighted by Crippen LogP contribution is -2.28. The van der Waals surface area contributed by atoms with Crippen molar-refractivity contribution in [1.82, 2.24) is 9.55 Å². The zero-order valence-corrected chi connectivity index (χ0v) is 19.3. The van der Waals surface area contributed by atoms with Gasteiger partial charge in [0.05, 0.1) is 29.5 Å². The average molecular weight is 491 g/mol. The number of halogens is 3. The highest BCUT2D eigenvalue weighted by molar-refractivity contribution is 7.22. The fourth-order valence-corrected chi connectivity index (χ4v) is 4.29. The Bertz CT molecular complexity index is 1390. The van der Waals surface area contributed by atoms with Crippen LogP contribution in [0.5, 0.6) is 11.5 Å². The van der Waals surface area contributed by atoms with Crippen LogP contribution in [0.1, 0.15) is 19.4 Å². The Kier molecular flexibility index (Phi) is 6.13. The highest BCUT2D eigenvalue weighted by Gasteiger charge is 2.30. The van der Waals surface area contributed by atoms with Gasteiger partial charge in [-0.3, -0.25) is 9.36 Å². The van der Waals surface area contributed by atoms with Crippen LogP contribution in [0.25, 0.3) is 26.3 Å². The molecule has 0 saturated heterocycles. The second-order valence-corrected chi connectivity index (χ2v) is 9.31. The summed E-state index contributed by atoms with van der Waals surface area (Å²) in [7, 11) is 1.47. The molecule has 0 saturated carbocycles. The quantitative estimate of drug-likeness (QED) is 0.398. The number of alkyl halides is 3. The summed E-state index contributed by atoms with van der Waals surface area (Å²) >= 11 is 1.16. The van der Waals surface area contributed by atoms with E-state index in [0.717, 1.165) is 23.5 Å². The number of methoxy groups -OCH3 is 1. The van der Waals surface area contributed by atoms with Crippen molar-refractivity contribution in [1.29, 1.82) is 0 Å². The summed E-state index contributed by atoms with van der Waals surface area (Å²) < 4.78 is 51.3. The zero-order chi connectivity index (χ0) is 24.7. The molecule has 2 heterocycles. The normalized spacial score (nSPS) is 12.2. The molecule has 0 aliphatic carbocycles. The van der Waals surface area contributed by atoms with Crippen molar-refractivity contribution in [2.75, 3.05) is 13.7 Å². The van der Waals surface area contributed by atoms with Crippen LogP contribution < -0.4 is 15.0 Å². The lowest BCUT2D eigenvalue weighted by molar-refractivity contribution is -0.137. The Hall–Kier alpha value is -3.37. The van der Waals surface area contributed by atoms with Crippen molar-refractivity contribution in [3.05, 3.63) is 70.8 Å². The van der Waals surface area contributed by atoms with Crippen LogP contribution in [0.4, 0.5) is 13.2 Å². The molecule has 0 bridgehead atoms. The number of ether oxygens (including phenoxy) is 2. The molecular formula is C24H21F3N2O4S. The van der Waals surface area contributed by atoms with E-state index < -0.39 is 17.3 Å². The van der Waals surface area contributed by atoms with E-state index in [-0.39, 0.29) is 12.2 Å². The Morgan fingerprint density at radius 3 is 2.38 bits per heavy atom. The number of thiophene rings is 1. The van der Waals surface area contributed by atoms with Crippen LogP contribution in [0.2, 0.25) is 0 Å². The predicted molar refractivity (Wildman–Crippen MR) is 124 cm³/mol. The van der Waals surface area contributed by atoms with Gasteiger partial charge in [-0.1, -0.05) is 12.1 Å². The van der Waals surface area contributed by atoms with Gasteiger partial charge in [-0.25, -0.2) is 4.98 Å². The molecule has 0 radical (unpaired) electrons. The topological polar surface area (TPSA) is 73.6 Å². The van der Waals surface area contributed by atoms with Crippen LogP contribution in [0, 0.1) is 0 Å². The summed E-state index contributed by atoms with van der Waals surface area (Å²) in [6.07, 6.45) is -3.02. The Balaban J connectivity index is 1.69. The van der Waals surface area contributed by atoms with Crippen LogP contribution in [-0.2, 0) is 6.18 Å². The van der Waals surface area contributed by atoms with Gasteiger partial charge in [0.2, 0.25) is 0 Å². The second-order valence-electron chi connectivity index (χ2n) is 8.26. The van der Waals surface area contributed by atoms with Gasteiger partial charge in [0.25, 0.3) is 5.56 Å². The summed E-state index contributed by atoms with van der Waals surface area (Å²) in [5.74, 6) is 0.793. The molecule has 6 nitrogen and oxygen atoms in total. The number of benzene rings is 2. The number of aliphatic hydroxyl groups is 1. The van der Waals surface area contributed by atoms with E-state index in [1.807, 2.05) is 0 Å². The summed E-state index contributed by atoms with van der Waals surface area (Å²) in [6, 6.07) is 11.4. The van der Waals surface area contributed by atoms with Crippen LogP contribution in [-0.4, -0.2) is 34.0 Å². The first-order valence-electron chi connectivity index (χ1n) is 10.2. The third kappa shape index (κ3) is 4.92. The van der Waals surface area contributed by atoms with Crippen LogP contribution in [0.3, 0.4) is 0 Å². The molecule has 178 valence electrons. The number of hydrogen-bond acceptors (Lipinski definition) is 6. The Morgan fingerprint density at radius 2 is 1.76 bits per heavy atom. The Labute approximate surface area is 196 Å². The van der Waals surface area contributed by atoms with E-state index in [1.54, 1.807) is 38.1 Å². The number of aromatic nitrogens is 2. The number of fused-ring (bicyclic) bond motifs is 1. The lowest BCUT2D eigenvalue weighted by Gasteiger charge is -2.19. The van der Waals surface area contributed by atoms with E-state index in [0.29, 0.717) is 37.8 Å². The van der Waals surface area contributed by atoms with Crippen molar-refractivity contribution in [2.45, 2.75) is 25.6 Å². The van der Waals surface area contributed by atoms with Gasteiger partial charge in [0.1, 0.15) is 17.6 Å². The molecule has 0 aliphatic heterocycles. The maximum atomic E-state index is 13.2. The summed E-state index contributed by atoms with van der Waals surface area (Å²) in [5, 5.41) is 9.88. The highest BCUT2D eigenvalue weighted by atomic mass is 32.1. The van der Waals surface area contributed by atoms with Crippen molar-refractivity contribution >= 4 is 21.6 Å². The van der Waals surface area contributed by atoms with Gasteiger partial charge < -0.3 is 14.6 Å². The second kappa shape index (κ2) is 8.77. The zero-order valence-electron chi connectivity index (χ0n) is 18.5. The standard InChI is InChI=1S/C24H21F3N2O4S/c1-23(2,31)12-33-18-9-8-16(10-19(18)32-3)29-13-28-17-11-20(34-21(17)22(29)30)14-4-6-15(7-5-14)24(25,26)27/h4-11,13,31H,12H2,1-3H3. The fourth-order valence-electron chi connectivity index (χ4n) is 3.24. The third-order valence-corrected chi connectivity index (χ3v) is 6.10. The third-order valence-electron chi connectivity index (χ3n) is 4.94. The summed E-state index contributed by atoms with van der Waals surface area (Å²) in [4.78, 5) is 18.2. The molecule has 4 aromatic rings. The van der Waals surface area contributed by atoms with E-state index in [9.17, 15) is 23.1 Å². The van der Waals surface area contributed by atoms with Gasteiger partial charge in [-0.2, -0.15) is 13.2 Å². The first-order chi connectivity index (χ1) is 16.0. The molecule has 0 atom stereocenters. The van der Waals surface area contributed by atoms with Crippen molar-refractivity contribution < 1.29 is 27.8 Å². The highest BCUT2D eigenvalue weighted by Crippen LogP contribution is 2.35. The molecule has 1 N–H and O–H groups in total. The molecule has 34 heavy (non-hydrogen) atoms. The summed E-state index contributed by atoms with van der Waals surface area (Å²) in [6.45, 7) is 3.29. The minimum Gasteiger partial charge on any atom is -0.493 e. The van der Waals surface area contributed by atoms with Gasteiger partial charge in [-0.05, 0) is 49.7 Å². The Morgan fingerprint density at radius 1 is 1.06 bits per heavy atom. The van der Waals surface area contributed by atoms with E-state index >= 15 is 0 Å². The lowest BCUT2D eigenvalue weighted by atomic mass is 10.1. The fraction of sp³-hybridized carbons (Fsp3) is 0.250. The van der Waals surface area contributed by atoms with Gasteiger partial charge in [-0.15, -0.1) is 11.3 Å². The van der Waals surface area contributed by atoms with Crippen molar-refractivity contribution in [3.63, 3.8) is 0 Å². The van der Waals surface area contributed by atoms with Crippen molar-refractivity contribution in [2.24, 2.45) is 0 Å². The number of nitrogens with zero attached hydrogens (tertiary/aromatic N) is 2. The molecule has 0 unspecified atom stereocenters. The molecule has 0 fully saturated rings. The monoisotopic (exact) mass is 490 g/mol. The van der Waals surface area contributed by atoms with Crippen LogP contribution >= 0.6 is 11.3 Å². The first kappa shape index (κ1) is 23.8. The van der Waals surface area contributed by atoms with E-state index in [2.05, 4.69) is 4.98 Å². The number of hydrogen-bond donors (Lipinski definition) is 1. The molecule has 4 rings (SSSR count). The molecule has 10 heteroatoms. The molecule has 0 spiro atoms. The molecular weight excluding hydrogens is 469 g/mol. The van der Waals surface area contributed by atoms with Gasteiger partial charge >= 0.3 is 6.18 Å². The SMILES string of the molecule is COc1cc(-n2cnc3cc(-c4ccc(C(F)(F)F)cc4)sc3c2=O)ccc1OCC(C)(C)O. The minimum absolute atomic E-state index is 0.0537. The maximum absolute atomic E-state index is 13.2. The number of rotatable bonds is 6. The maximum Gasteiger partial charge on any atom is 0.416 e.